The largest absolute Gasteiger partial charge is 0.497 e. The predicted molar refractivity (Wildman–Crippen MR) is 124 cm³/mol. The number of ether oxygens (including phenoxy) is 1. The second-order valence-electron chi connectivity index (χ2n) is 7.10. The number of amidine groups is 1. The highest BCUT2D eigenvalue weighted by molar-refractivity contribution is 8.14. The zero-order valence-corrected chi connectivity index (χ0v) is 18.2. The summed E-state index contributed by atoms with van der Waals surface area (Å²) in [4.78, 5) is 41.4. The number of rotatable bonds is 4. The number of fused-ring (bicyclic) bond motifs is 3. The van der Waals surface area contributed by atoms with Gasteiger partial charge in [0.05, 0.1) is 24.1 Å². The van der Waals surface area contributed by atoms with Crippen LogP contribution in [0.3, 0.4) is 0 Å². The van der Waals surface area contributed by atoms with E-state index in [-0.39, 0.29) is 0 Å². The Hall–Kier alpha value is -4.18. The van der Waals surface area contributed by atoms with Crippen LogP contribution in [0.4, 0.5) is 5.69 Å². The smallest absolute Gasteiger partial charge is 0.269 e. The topological polar surface area (TPSA) is 109 Å². The van der Waals surface area contributed by atoms with Gasteiger partial charge in [-0.3, -0.25) is 30.4 Å². The molecule has 9 nitrogen and oxygen atoms in total. The van der Waals surface area contributed by atoms with Gasteiger partial charge in [-0.1, -0.05) is 6.07 Å². The number of carbonyl (C=O) groups is 2. The normalized spacial score (nSPS) is 16.2. The van der Waals surface area contributed by atoms with Gasteiger partial charge in [-0.25, -0.2) is 4.99 Å². The maximum atomic E-state index is 13.2. The van der Waals surface area contributed by atoms with E-state index in [9.17, 15) is 9.59 Å². The van der Waals surface area contributed by atoms with Crippen LogP contribution in [0.25, 0.3) is 0 Å². The number of amides is 2. The van der Waals surface area contributed by atoms with Gasteiger partial charge in [0.15, 0.2) is 5.17 Å². The number of benzene rings is 1. The molecule has 1 atom stereocenters. The molecule has 164 valence electrons. The Morgan fingerprint density at radius 2 is 1.85 bits per heavy atom. The molecule has 2 amide bonds. The molecule has 2 aliphatic heterocycles. The summed E-state index contributed by atoms with van der Waals surface area (Å²) in [5.41, 5.74) is 7.24. The molecule has 0 aliphatic carbocycles. The van der Waals surface area contributed by atoms with Gasteiger partial charge in [-0.15, -0.1) is 0 Å². The summed E-state index contributed by atoms with van der Waals surface area (Å²) in [6.07, 6.45) is 6.21. The van der Waals surface area contributed by atoms with E-state index in [1.165, 1.54) is 30.4 Å². The van der Waals surface area contributed by atoms with E-state index in [2.05, 4.69) is 25.8 Å². The number of nitrogens with zero attached hydrogens (tertiary/aromatic N) is 4. The molecular weight excluding hydrogens is 440 g/mol. The Balaban J connectivity index is 1.45. The average molecular weight is 459 g/mol. The van der Waals surface area contributed by atoms with Crippen molar-refractivity contribution in [3.63, 3.8) is 0 Å². The molecular formula is C23H18N6O3S. The number of hydrogen-bond acceptors (Lipinski definition) is 8. The summed E-state index contributed by atoms with van der Waals surface area (Å²) in [6.45, 7) is 0. The number of pyridine rings is 2. The highest BCUT2D eigenvalue weighted by Gasteiger charge is 2.40. The lowest BCUT2D eigenvalue weighted by molar-refractivity contribution is -0.118. The fourth-order valence-corrected chi connectivity index (χ4v) is 4.65. The fraction of sp³-hybridized carbons (Fsp3) is 0.0870. The monoisotopic (exact) mass is 458 g/mol. The third-order valence-corrected chi connectivity index (χ3v) is 6.19. The van der Waals surface area contributed by atoms with E-state index >= 15 is 0 Å². The van der Waals surface area contributed by atoms with Crippen molar-refractivity contribution in [3.05, 3.63) is 90.2 Å². The molecule has 2 N–H and O–H groups in total. The third kappa shape index (κ3) is 3.92. The molecule has 5 rings (SSSR count). The van der Waals surface area contributed by atoms with E-state index in [0.29, 0.717) is 16.8 Å². The molecule has 33 heavy (non-hydrogen) atoms. The first kappa shape index (κ1) is 20.7. The van der Waals surface area contributed by atoms with Crippen molar-refractivity contribution in [2.24, 2.45) is 4.99 Å². The van der Waals surface area contributed by atoms with Gasteiger partial charge in [-0.05, 0) is 54.2 Å². The van der Waals surface area contributed by atoms with Crippen LogP contribution in [0.15, 0.2) is 88.8 Å². The summed E-state index contributed by atoms with van der Waals surface area (Å²) in [5.74, 6) is -0.196. The molecule has 3 aromatic rings. The van der Waals surface area contributed by atoms with Gasteiger partial charge < -0.3 is 9.64 Å². The molecule has 0 saturated carbocycles. The second-order valence-corrected chi connectivity index (χ2v) is 8.11. The van der Waals surface area contributed by atoms with Crippen LogP contribution in [0.5, 0.6) is 5.75 Å². The van der Waals surface area contributed by atoms with E-state index in [1.807, 2.05) is 41.3 Å². The first-order valence-corrected chi connectivity index (χ1v) is 10.8. The quantitative estimate of drug-likeness (QED) is 0.579. The number of thioether (sulfide) groups is 1. The van der Waals surface area contributed by atoms with Gasteiger partial charge in [0.2, 0.25) is 0 Å². The van der Waals surface area contributed by atoms with Gasteiger partial charge >= 0.3 is 0 Å². The number of anilines is 1. The lowest BCUT2D eigenvalue weighted by Crippen LogP contribution is -2.46. The zero-order valence-electron chi connectivity index (χ0n) is 17.4. The van der Waals surface area contributed by atoms with Crippen molar-refractivity contribution >= 4 is 34.4 Å². The Kier molecular flexibility index (Phi) is 5.49. The van der Waals surface area contributed by atoms with Crippen LogP contribution < -0.4 is 20.5 Å². The maximum absolute atomic E-state index is 13.2. The molecule has 1 aromatic carbocycles. The highest BCUT2D eigenvalue weighted by atomic mass is 32.2. The van der Waals surface area contributed by atoms with Crippen molar-refractivity contribution in [2.75, 3.05) is 12.0 Å². The van der Waals surface area contributed by atoms with Crippen molar-refractivity contribution in [2.45, 2.75) is 10.9 Å². The van der Waals surface area contributed by atoms with Gasteiger partial charge in [0.25, 0.3) is 11.8 Å². The number of carbonyl (C=O) groups excluding carboxylic acids is 2. The van der Waals surface area contributed by atoms with Crippen LogP contribution in [0.1, 0.15) is 22.1 Å². The lowest BCUT2D eigenvalue weighted by atomic mass is 10.00. The standard InChI is InChI=1S/C23H18N6O3S/c1-32-15-5-6-18-19(12-15)33-23-26-13-16(20(29(18)23)17-4-2-3-9-25-17)22(31)28-27-21(30)14-7-10-24-11-8-14/h2-13,20H,1H3,(H,27,30)(H,28,31)/t20-/m1/s1. The van der Waals surface area contributed by atoms with Crippen molar-refractivity contribution in [3.8, 4) is 5.75 Å². The minimum absolute atomic E-state index is 0.344. The lowest BCUT2D eigenvalue weighted by Gasteiger charge is -2.33. The third-order valence-electron chi connectivity index (χ3n) is 5.16. The fourth-order valence-electron chi connectivity index (χ4n) is 3.60. The number of hydrogen-bond donors (Lipinski definition) is 2. The molecule has 10 heteroatoms. The highest BCUT2D eigenvalue weighted by Crippen LogP contribution is 2.49. The van der Waals surface area contributed by atoms with Crippen molar-refractivity contribution in [1.29, 1.82) is 0 Å². The minimum atomic E-state index is -0.529. The second kappa shape index (κ2) is 8.75. The molecule has 0 fully saturated rings. The van der Waals surface area contributed by atoms with Crippen LogP contribution in [-0.2, 0) is 4.79 Å². The first-order valence-electron chi connectivity index (χ1n) is 10.0. The zero-order chi connectivity index (χ0) is 22.8. The van der Waals surface area contributed by atoms with E-state index in [0.717, 1.165) is 21.5 Å². The summed E-state index contributed by atoms with van der Waals surface area (Å²) in [5, 5.41) is 0.728. The van der Waals surface area contributed by atoms with E-state index in [4.69, 9.17) is 4.74 Å². The number of aliphatic imine (C=N–C) groups is 1. The summed E-state index contributed by atoms with van der Waals surface area (Å²) >= 11 is 1.49. The number of methoxy groups -OCH3 is 1. The molecule has 0 bridgehead atoms. The summed E-state index contributed by atoms with van der Waals surface area (Å²) < 4.78 is 5.35. The van der Waals surface area contributed by atoms with E-state index < -0.39 is 17.9 Å². The Labute approximate surface area is 193 Å². The summed E-state index contributed by atoms with van der Waals surface area (Å²) in [6, 6.07) is 13.9. The molecule has 0 radical (unpaired) electrons. The number of nitrogens with one attached hydrogen (secondary N) is 2. The molecule has 2 aliphatic rings. The minimum Gasteiger partial charge on any atom is -0.497 e. The number of hydrazine groups is 1. The average Bonchev–Trinajstić information content (AvgIpc) is 3.25. The van der Waals surface area contributed by atoms with Gasteiger partial charge in [0.1, 0.15) is 11.8 Å². The van der Waals surface area contributed by atoms with Gasteiger partial charge in [0, 0.05) is 35.2 Å². The SMILES string of the molecule is COc1ccc2c(c1)SC1=NC=C(C(=O)NNC(=O)c3ccncc3)[C@H](c3ccccn3)N12. The van der Waals surface area contributed by atoms with Crippen molar-refractivity contribution in [1.82, 2.24) is 20.8 Å². The maximum Gasteiger partial charge on any atom is 0.269 e. The molecule has 4 heterocycles. The molecule has 0 saturated heterocycles. The predicted octanol–water partition coefficient (Wildman–Crippen LogP) is 2.85. The van der Waals surface area contributed by atoms with Crippen LogP contribution in [-0.4, -0.2) is 34.1 Å². The van der Waals surface area contributed by atoms with Crippen molar-refractivity contribution < 1.29 is 14.3 Å². The Morgan fingerprint density at radius 1 is 1.03 bits per heavy atom. The first-order chi connectivity index (χ1) is 16.2. The summed E-state index contributed by atoms with van der Waals surface area (Å²) in [7, 11) is 1.62. The molecule has 0 spiro atoms. The Morgan fingerprint density at radius 3 is 2.61 bits per heavy atom. The molecule has 0 unspecified atom stereocenters. The van der Waals surface area contributed by atoms with E-state index in [1.54, 1.807) is 25.4 Å². The number of aromatic nitrogens is 2. The van der Waals surface area contributed by atoms with Gasteiger partial charge in [-0.2, -0.15) is 0 Å². The molecule has 2 aromatic heterocycles. The van der Waals surface area contributed by atoms with Crippen LogP contribution >= 0.6 is 11.8 Å². The van der Waals surface area contributed by atoms with Crippen LogP contribution in [0, 0.1) is 0 Å². The van der Waals surface area contributed by atoms with Crippen LogP contribution in [0.2, 0.25) is 0 Å². The Bertz CT molecular complexity index is 1280.